The third kappa shape index (κ3) is 9.06. The van der Waals surface area contributed by atoms with Crippen molar-refractivity contribution in [1.29, 1.82) is 0 Å². The van der Waals surface area contributed by atoms with E-state index in [2.05, 4.69) is 23.1 Å². The van der Waals surface area contributed by atoms with Gasteiger partial charge in [0.05, 0.1) is 25.4 Å². The van der Waals surface area contributed by atoms with Crippen LogP contribution in [0.3, 0.4) is 0 Å². The Labute approximate surface area is 221 Å². The van der Waals surface area contributed by atoms with Crippen LogP contribution < -0.4 is 0 Å². The lowest BCUT2D eigenvalue weighted by molar-refractivity contribution is -0.142. The molecule has 0 aliphatic carbocycles. The minimum atomic E-state index is -0.605. The molecule has 1 fully saturated rings. The maximum atomic E-state index is 14.0. The number of nitrogens with zero attached hydrogens (tertiary/aromatic N) is 1. The second-order valence-electron chi connectivity index (χ2n) is 10.1. The summed E-state index contributed by atoms with van der Waals surface area (Å²) in [5.74, 6) is -0.345. The summed E-state index contributed by atoms with van der Waals surface area (Å²) in [7, 11) is 0. The number of esters is 1. The summed E-state index contributed by atoms with van der Waals surface area (Å²) in [6.07, 6.45) is 7.11. The number of hydrogen-bond donors (Lipinski definition) is 1. The number of aliphatic hydroxyl groups is 1. The fourth-order valence-electron chi connectivity index (χ4n) is 4.91. The standard InChI is InChI=1S/C31H42FNO4/c1-5-36-31(35)11-7-6-9-26-15-12-22(2)17-29(26)24(4)37-21-28(34)20-33-16-8-10-27(33)18-25-14-13-23(3)30(32)19-25/h6,9,12-15,17,19,24,27-28,34H,5,7-8,10-11,16,18,20-21H2,1-4H3/b9-6+/t24-,27+,28-/m1/s1. The van der Waals surface area contributed by atoms with Gasteiger partial charge in [-0.2, -0.15) is 0 Å². The molecular formula is C31H42FNO4. The zero-order chi connectivity index (χ0) is 26.8. The van der Waals surface area contributed by atoms with Crippen molar-refractivity contribution in [2.45, 2.75) is 78.0 Å². The molecule has 0 radical (unpaired) electrons. The maximum Gasteiger partial charge on any atom is 0.306 e. The lowest BCUT2D eigenvalue weighted by atomic mass is 9.99. The highest BCUT2D eigenvalue weighted by molar-refractivity contribution is 5.69. The zero-order valence-corrected chi connectivity index (χ0v) is 22.7. The number of halogens is 1. The Kier molecular flexibility index (Phi) is 11.3. The summed E-state index contributed by atoms with van der Waals surface area (Å²) in [4.78, 5) is 13.9. The molecule has 5 nitrogen and oxygen atoms in total. The fourth-order valence-corrected chi connectivity index (χ4v) is 4.91. The van der Waals surface area contributed by atoms with Gasteiger partial charge >= 0.3 is 5.97 Å². The molecular weight excluding hydrogens is 469 g/mol. The number of aryl methyl sites for hydroxylation is 2. The van der Waals surface area contributed by atoms with Gasteiger partial charge in [0.1, 0.15) is 5.82 Å². The van der Waals surface area contributed by atoms with Crippen molar-refractivity contribution in [3.05, 3.63) is 76.1 Å². The van der Waals surface area contributed by atoms with E-state index >= 15 is 0 Å². The van der Waals surface area contributed by atoms with Crippen molar-refractivity contribution >= 4 is 12.0 Å². The predicted octanol–water partition coefficient (Wildman–Crippen LogP) is 5.94. The molecule has 1 saturated heterocycles. The summed E-state index contributed by atoms with van der Waals surface area (Å²) >= 11 is 0. The second kappa shape index (κ2) is 14.4. The molecule has 1 aliphatic rings. The van der Waals surface area contributed by atoms with Crippen LogP contribution in [-0.2, 0) is 20.7 Å². The Morgan fingerprint density at radius 1 is 1.24 bits per heavy atom. The SMILES string of the molecule is CCOC(=O)CC/C=C/c1ccc(C)cc1[C@@H](C)OC[C@H](O)CN1CCC[C@H]1Cc1ccc(C)c(F)c1. The minimum Gasteiger partial charge on any atom is -0.466 e. The largest absolute Gasteiger partial charge is 0.466 e. The molecule has 0 bridgehead atoms. The normalized spacial score (nSPS) is 17.8. The average Bonchev–Trinajstić information content (AvgIpc) is 3.29. The molecule has 0 unspecified atom stereocenters. The van der Waals surface area contributed by atoms with E-state index < -0.39 is 6.10 Å². The van der Waals surface area contributed by atoms with Gasteiger partial charge in [0.25, 0.3) is 0 Å². The van der Waals surface area contributed by atoms with E-state index in [-0.39, 0.29) is 24.5 Å². The second-order valence-corrected chi connectivity index (χ2v) is 10.1. The van der Waals surface area contributed by atoms with Crippen molar-refractivity contribution in [3.8, 4) is 0 Å². The lowest BCUT2D eigenvalue weighted by Crippen LogP contribution is -2.39. The van der Waals surface area contributed by atoms with Gasteiger partial charge in [-0.1, -0.05) is 48.0 Å². The van der Waals surface area contributed by atoms with Crippen LogP contribution in [0.5, 0.6) is 0 Å². The Bertz CT molecular complexity index is 1050. The first-order chi connectivity index (χ1) is 17.8. The van der Waals surface area contributed by atoms with E-state index in [1.165, 1.54) is 0 Å². The first kappa shape index (κ1) is 29.0. The molecule has 1 N–H and O–H groups in total. The molecule has 0 spiro atoms. The predicted molar refractivity (Wildman–Crippen MR) is 146 cm³/mol. The van der Waals surface area contributed by atoms with Crippen LogP contribution >= 0.6 is 0 Å². The van der Waals surface area contributed by atoms with E-state index in [9.17, 15) is 14.3 Å². The third-order valence-electron chi connectivity index (χ3n) is 6.99. The number of β-amino-alcohol motifs (C(OH)–C–C–N with tert-alkyl or cyclic N) is 1. The Morgan fingerprint density at radius 3 is 2.81 bits per heavy atom. The number of carbonyl (C=O) groups excluding carboxylic acids is 1. The van der Waals surface area contributed by atoms with Crippen molar-refractivity contribution in [3.63, 3.8) is 0 Å². The van der Waals surface area contributed by atoms with Crippen LogP contribution in [-0.4, -0.2) is 54.4 Å². The van der Waals surface area contributed by atoms with Crippen molar-refractivity contribution in [2.75, 3.05) is 26.3 Å². The summed E-state index contributed by atoms with van der Waals surface area (Å²) in [6.45, 7) is 9.75. The highest BCUT2D eigenvalue weighted by Gasteiger charge is 2.27. The number of hydrogen-bond acceptors (Lipinski definition) is 5. The molecule has 37 heavy (non-hydrogen) atoms. The molecule has 2 aromatic rings. The number of benzene rings is 2. The number of allylic oxidation sites excluding steroid dienone is 1. The van der Waals surface area contributed by atoms with Crippen LogP contribution in [0.1, 0.15) is 73.5 Å². The molecule has 0 aromatic heterocycles. The number of ether oxygens (including phenoxy) is 2. The number of rotatable bonds is 13. The topological polar surface area (TPSA) is 59.0 Å². The molecule has 3 atom stereocenters. The van der Waals surface area contributed by atoms with Gasteiger partial charge in [-0.05, 0) is 88.2 Å². The summed E-state index contributed by atoms with van der Waals surface area (Å²) in [5.41, 5.74) is 4.91. The quantitative estimate of drug-likeness (QED) is 0.337. The fraction of sp³-hybridized carbons (Fsp3) is 0.516. The highest BCUT2D eigenvalue weighted by atomic mass is 19.1. The summed E-state index contributed by atoms with van der Waals surface area (Å²) in [5, 5.41) is 10.8. The van der Waals surface area contributed by atoms with Gasteiger partial charge in [-0.25, -0.2) is 4.39 Å². The molecule has 6 heteroatoms. The third-order valence-corrected chi connectivity index (χ3v) is 6.99. The zero-order valence-electron chi connectivity index (χ0n) is 22.7. The molecule has 0 amide bonds. The molecule has 0 saturated carbocycles. The first-order valence-electron chi connectivity index (χ1n) is 13.5. The van der Waals surface area contributed by atoms with Crippen LogP contribution in [0.2, 0.25) is 0 Å². The van der Waals surface area contributed by atoms with Gasteiger partial charge in [-0.15, -0.1) is 0 Å². The van der Waals surface area contributed by atoms with Gasteiger partial charge in [0.15, 0.2) is 0 Å². The minimum absolute atomic E-state index is 0.158. The van der Waals surface area contributed by atoms with E-state index in [0.717, 1.165) is 48.1 Å². The number of carbonyl (C=O) groups is 1. The van der Waals surface area contributed by atoms with Crippen LogP contribution in [0.4, 0.5) is 4.39 Å². The molecule has 1 aliphatic heterocycles. The monoisotopic (exact) mass is 511 g/mol. The summed E-state index contributed by atoms with van der Waals surface area (Å²) in [6, 6.07) is 12.0. The van der Waals surface area contributed by atoms with Crippen LogP contribution in [0, 0.1) is 19.7 Å². The van der Waals surface area contributed by atoms with Crippen molar-refractivity contribution < 1.29 is 23.8 Å². The number of likely N-dealkylation sites (tertiary alicyclic amines) is 1. The Morgan fingerprint density at radius 2 is 2.05 bits per heavy atom. The smallest absolute Gasteiger partial charge is 0.306 e. The molecule has 2 aromatic carbocycles. The molecule has 1 heterocycles. The van der Waals surface area contributed by atoms with E-state index in [1.807, 2.05) is 45.1 Å². The van der Waals surface area contributed by atoms with Crippen LogP contribution in [0.25, 0.3) is 6.08 Å². The summed E-state index contributed by atoms with van der Waals surface area (Å²) < 4.78 is 25.1. The average molecular weight is 512 g/mol. The van der Waals surface area contributed by atoms with Gasteiger partial charge in [0, 0.05) is 19.0 Å². The highest BCUT2D eigenvalue weighted by Crippen LogP contribution is 2.26. The van der Waals surface area contributed by atoms with E-state index in [0.29, 0.717) is 37.6 Å². The van der Waals surface area contributed by atoms with Gasteiger partial charge in [0.2, 0.25) is 0 Å². The van der Waals surface area contributed by atoms with Gasteiger partial charge in [-0.3, -0.25) is 9.69 Å². The van der Waals surface area contributed by atoms with E-state index in [4.69, 9.17) is 9.47 Å². The molecule has 3 rings (SSSR count). The van der Waals surface area contributed by atoms with E-state index in [1.54, 1.807) is 13.0 Å². The number of aliphatic hydroxyl groups excluding tert-OH is 1. The Hall–Kier alpha value is -2.54. The van der Waals surface area contributed by atoms with Crippen LogP contribution in [0.15, 0.2) is 42.5 Å². The first-order valence-corrected chi connectivity index (χ1v) is 13.5. The Balaban J connectivity index is 1.52. The molecule has 202 valence electrons. The van der Waals surface area contributed by atoms with Gasteiger partial charge < -0.3 is 14.6 Å². The van der Waals surface area contributed by atoms with Crippen molar-refractivity contribution in [2.24, 2.45) is 0 Å². The lowest BCUT2D eigenvalue weighted by Gasteiger charge is -2.27. The maximum absolute atomic E-state index is 14.0. The van der Waals surface area contributed by atoms with Crippen molar-refractivity contribution in [1.82, 2.24) is 4.90 Å².